The zero-order chi connectivity index (χ0) is 8.91. The van der Waals surface area contributed by atoms with Gasteiger partial charge in [0.15, 0.2) is 10.3 Å². The van der Waals surface area contributed by atoms with E-state index in [1.807, 2.05) is 11.8 Å². The summed E-state index contributed by atoms with van der Waals surface area (Å²) in [6, 6.07) is 0. The Labute approximate surface area is 84.4 Å². The Morgan fingerprint density at radius 2 is 1.58 bits per heavy atom. The largest absolute Gasteiger partial charge is 1.00 e. The van der Waals surface area contributed by atoms with Gasteiger partial charge in [-0.25, -0.2) is 8.42 Å². The van der Waals surface area contributed by atoms with E-state index in [-0.39, 0.29) is 32.0 Å². The topological polar surface area (TPSA) is 60.4 Å². The molecule has 0 aliphatic carbocycles. The Balaban J connectivity index is 0. The first-order valence-corrected chi connectivity index (χ1v) is 3.96. The van der Waals surface area contributed by atoms with Crippen LogP contribution in [0.1, 0.15) is 0 Å². The third kappa shape index (κ3) is 5.27. The molecule has 60 valence electrons. The van der Waals surface area contributed by atoms with Gasteiger partial charge in [0.05, 0.1) is 13.1 Å². The molecule has 0 aromatic rings. The Morgan fingerprint density at radius 3 is 1.75 bits per heavy atom. The summed E-state index contributed by atoms with van der Waals surface area (Å²) in [7, 11) is -4.49. The molecule has 0 atom stereocenters. The van der Waals surface area contributed by atoms with Crippen LogP contribution < -0.4 is 18.9 Å². The van der Waals surface area contributed by atoms with Crippen LogP contribution in [0.5, 0.6) is 0 Å². The van der Waals surface area contributed by atoms with Crippen molar-refractivity contribution >= 4 is 10.3 Å². The van der Waals surface area contributed by atoms with Crippen molar-refractivity contribution in [2.24, 2.45) is 0 Å². The quantitative estimate of drug-likeness (QED) is 0.252. The summed E-state index contributed by atoms with van der Waals surface area (Å²) in [4.78, 5) is 0. The molecule has 6 heteroatoms. The third-order valence-corrected chi connectivity index (χ3v) is 1.74. The second kappa shape index (κ2) is 6.14. The Hall–Kier alpha value is -0.413. The molecule has 0 saturated carbocycles. The van der Waals surface area contributed by atoms with Crippen LogP contribution in [0.2, 0.25) is 0 Å². The molecule has 0 rings (SSSR count). The van der Waals surface area contributed by atoms with E-state index in [4.69, 9.17) is 12.8 Å². The van der Waals surface area contributed by atoms with Crippen LogP contribution in [0.15, 0.2) is 0 Å². The van der Waals surface area contributed by atoms with Crippen LogP contribution in [0, 0.1) is 24.7 Å². The van der Waals surface area contributed by atoms with Gasteiger partial charge in [0.25, 0.3) is 0 Å². The standard InChI is InChI=1S/C6H7NO3S.Li/c1-3-5-7(6-4-2)11(8,9)10;/h1-2H,5-6H2,(H,8,9,10);/q;+1/p-1. The molecule has 0 bridgehead atoms. The first-order valence-electron chi connectivity index (χ1n) is 2.60. The van der Waals surface area contributed by atoms with Crippen molar-refractivity contribution in [3.63, 3.8) is 0 Å². The van der Waals surface area contributed by atoms with Gasteiger partial charge in [-0.05, 0) is 0 Å². The molecule has 0 fully saturated rings. The molecule has 0 unspecified atom stereocenters. The van der Waals surface area contributed by atoms with Gasteiger partial charge in [-0.1, -0.05) is 11.8 Å². The zero-order valence-corrected chi connectivity index (χ0v) is 7.47. The van der Waals surface area contributed by atoms with E-state index in [0.717, 1.165) is 0 Å². The first-order chi connectivity index (χ1) is 5.02. The SMILES string of the molecule is C#CCN(CC#C)S(=O)(=O)[O-].[Li+]. The van der Waals surface area contributed by atoms with E-state index in [9.17, 15) is 13.0 Å². The van der Waals surface area contributed by atoms with E-state index < -0.39 is 10.3 Å². The van der Waals surface area contributed by atoms with E-state index in [1.54, 1.807) is 0 Å². The minimum Gasteiger partial charge on any atom is -0.735 e. The molecule has 0 heterocycles. The molecular formula is C6H6LiNO3S. The van der Waals surface area contributed by atoms with Crippen molar-refractivity contribution in [1.29, 1.82) is 0 Å². The molecule has 0 radical (unpaired) electrons. The maximum atomic E-state index is 10.3. The number of hydrogen-bond donors (Lipinski definition) is 0. The van der Waals surface area contributed by atoms with E-state index >= 15 is 0 Å². The molecule has 0 aromatic carbocycles. The molecule has 4 nitrogen and oxygen atoms in total. The Kier molecular flexibility index (Phi) is 7.23. The maximum absolute atomic E-state index is 10.3. The van der Waals surface area contributed by atoms with Gasteiger partial charge in [-0.15, -0.1) is 12.8 Å². The van der Waals surface area contributed by atoms with Gasteiger partial charge in [0, 0.05) is 0 Å². The minimum absolute atomic E-state index is 0. The fourth-order valence-electron chi connectivity index (χ4n) is 0.418. The Morgan fingerprint density at radius 1 is 1.25 bits per heavy atom. The van der Waals surface area contributed by atoms with Gasteiger partial charge in [0.1, 0.15) is 0 Å². The molecule has 0 aliphatic heterocycles. The molecule has 12 heavy (non-hydrogen) atoms. The van der Waals surface area contributed by atoms with Crippen LogP contribution >= 0.6 is 0 Å². The second-order valence-corrected chi connectivity index (χ2v) is 3.01. The molecule has 0 aromatic heterocycles. The zero-order valence-electron chi connectivity index (χ0n) is 6.65. The molecule has 0 saturated heterocycles. The molecule has 0 spiro atoms. The van der Waals surface area contributed by atoms with Crippen molar-refractivity contribution in [2.75, 3.05) is 13.1 Å². The van der Waals surface area contributed by atoms with Crippen molar-refractivity contribution < 1.29 is 31.8 Å². The van der Waals surface area contributed by atoms with E-state index in [2.05, 4.69) is 0 Å². The fourth-order valence-corrected chi connectivity index (χ4v) is 0.883. The second-order valence-electron chi connectivity index (χ2n) is 1.63. The predicted octanol–water partition coefficient (Wildman–Crippen LogP) is -3.98. The van der Waals surface area contributed by atoms with Crippen LogP contribution in [0.4, 0.5) is 0 Å². The van der Waals surface area contributed by atoms with E-state index in [0.29, 0.717) is 4.31 Å². The summed E-state index contributed by atoms with van der Waals surface area (Å²) in [5.74, 6) is 4.02. The number of terminal acetylenes is 2. The molecule has 0 amide bonds. The summed E-state index contributed by atoms with van der Waals surface area (Å²) in [6.45, 7) is -0.563. The monoisotopic (exact) mass is 179 g/mol. The van der Waals surface area contributed by atoms with Crippen LogP contribution in [-0.4, -0.2) is 30.4 Å². The normalized spacial score (nSPS) is 9.67. The van der Waals surface area contributed by atoms with Gasteiger partial charge < -0.3 is 4.55 Å². The maximum Gasteiger partial charge on any atom is 1.00 e. The average Bonchev–Trinajstić information content (AvgIpc) is 1.85. The number of nitrogens with zero attached hydrogens (tertiary/aromatic N) is 1. The van der Waals surface area contributed by atoms with Gasteiger partial charge >= 0.3 is 18.9 Å². The van der Waals surface area contributed by atoms with Crippen LogP contribution in [-0.2, 0) is 10.3 Å². The van der Waals surface area contributed by atoms with E-state index in [1.165, 1.54) is 0 Å². The number of hydrogen-bond acceptors (Lipinski definition) is 3. The predicted molar refractivity (Wildman–Crippen MR) is 38.9 cm³/mol. The van der Waals surface area contributed by atoms with Gasteiger partial charge in [0.2, 0.25) is 0 Å². The summed E-state index contributed by atoms with van der Waals surface area (Å²) in [5, 5.41) is 0. The summed E-state index contributed by atoms with van der Waals surface area (Å²) in [6.07, 6.45) is 9.59. The smallest absolute Gasteiger partial charge is 0.735 e. The van der Waals surface area contributed by atoms with Gasteiger partial charge in [-0.3, -0.25) is 0 Å². The summed E-state index contributed by atoms with van der Waals surface area (Å²) < 4.78 is 31.4. The van der Waals surface area contributed by atoms with Crippen LogP contribution in [0.3, 0.4) is 0 Å². The molecule has 0 aliphatic rings. The number of rotatable bonds is 3. The minimum atomic E-state index is -4.49. The fraction of sp³-hybridized carbons (Fsp3) is 0.333. The van der Waals surface area contributed by atoms with Crippen molar-refractivity contribution in [3.8, 4) is 24.7 Å². The van der Waals surface area contributed by atoms with Gasteiger partial charge in [-0.2, -0.15) is 4.31 Å². The van der Waals surface area contributed by atoms with Crippen LogP contribution in [0.25, 0.3) is 0 Å². The summed E-state index contributed by atoms with van der Waals surface area (Å²) >= 11 is 0. The average molecular weight is 179 g/mol. The summed E-state index contributed by atoms with van der Waals surface area (Å²) in [5.41, 5.74) is 0. The first kappa shape index (κ1) is 14.1. The van der Waals surface area contributed by atoms with Crippen molar-refractivity contribution in [2.45, 2.75) is 0 Å². The Bertz CT molecular complexity index is 282. The van der Waals surface area contributed by atoms with Crippen molar-refractivity contribution in [1.82, 2.24) is 4.31 Å². The van der Waals surface area contributed by atoms with Crippen molar-refractivity contribution in [3.05, 3.63) is 0 Å². The molecular weight excluding hydrogens is 173 g/mol. The molecule has 0 N–H and O–H groups in total. The third-order valence-electron chi connectivity index (χ3n) is 0.852.